The van der Waals surface area contributed by atoms with Crippen LogP contribution < -0.4 is 14.2 Å². The minimum atomic E-state index is -4.18. The van der Waals surface area contributed by atoms with Crippen LogP contribution in [0.4, 0.5) is 5.69 Å². The first-order valence-corrected chi connectivity index (χ1v) is 11.0. The Labute approximate surface area is 191 Å². The Balaban J connectivity index is 1.95. The summed E-state index contributed by atoms with van der Waals surface area (Å²) in [5.41, 5.74) is 1.15. The Bertz CT molecular complexity index is 1340. The SMILES string of the molecule is COc1ccc(/C=C(\C#N)C(=O)Nc2ccc(O)cc2)c(OS(=O)(=O)c2ccc(C)cc2)c1. The summed E-state index contributed by atoms with van der Waals surface area (Å²) < 4.78 is 36.0. The molecule has 0 atom stereocenters. The van der Waals surface area contributed by atoms with Crippen LogP contribution in [-0.2, 0) is 14.9 Å². The highest BCUT2D eigenvalue weighted by Crippen LogP contribution is 2.30. The maximum atomic E-state index is 12.8. The Morgan fingerprint density at radius 2 is 1.73 bits per heavy atom. The van der Waals surface area contributed by atoms with Crippen LogP contribution in [0.2, 0.25) is 0 Å². The summed E-state index contributed by atoms with van der Waals surface area (Å²) in [5.74, 6) is -0.473. The van der Waals surface area contributed by atoms with Gasteiger partial charge in [0.25, 0.3) is 5.91 Å². The number of hydrogen-bond acceptors (Lipinski definition) is 7. The van der Waals surface area contributed by atoms with Gasteiger partial charge >= 0.3 is 10.1 Å². The number of carbonyl (C=O) groups excluding carboxylic acids is 1. The summed E-state index contributed by atoms with van der Waals surface area (Å²) in [6.07, 6.45) is 1.22. The summed E-state index contributed by atoms with van der Waals surface area (Å²) in [7, 11) is -2.77. The number of nitrogens with zero attached hydrogens (tertiary/aromatic N) is 1. The average Bonchev–Trinajstić information content (AvgIpc) is 2.79. The summed E-state index contributed by atoms with van der Waals surface area (Å²) >= 11 is 0. The van der Waals surface area contributed by atoms with Gasteiger partial charge in [0.05, 0.1) is 7.11 Å². The number of phenolic OH excluding ortho intramolecular Hbond substituents is 1. The first-order chi connectivity index (χ1) is 15.7. The molecule has 0 aliphatic carbocycles. The average molecular weight is 464 g/mol. The van der Waals surface area contributed by atoms with Gasteiger partial charge in [0.15, 0.2) is 5.75 Å². The minimum Gasteiger partial charge on any atom is -0.508 e. The molecule has 33 heavy (non-hydrogen) atoms. The molecule has 0 aliphatic rings. The number of benzene rings is 3. The van der Waals surface area contributed by atoms with Crippen LogP contribution in [0.3, 0.4) is 0 Å². The van der Waals surface area contributed by atoms with Crippen molar-refractivity contribution in [3.05, 3.63) is 83.4 Å². The van der Waals surface area contributed by atoms with Crippen LogP contribution in [0.15, 0.2) is 77.2 Å². The molecule has 3 aromatic carbocycles. The molecule has 0 saturated carbocycles. The number of aryl methyl sites for hydroxylation is 1. The highest BCUT2D eigenvalue weighted by Gasteiger charge is 2.20. The molecular weight excluding hydrogens is 444 g/mol. The third kappa shape index (κ3) is 5.90. The number of nitrogens with one attached hydrogen (secondary N) is 1. The predicted molar refractivity (Wildman–Crippen MR) is 122 cm³/mol. The van der Waals surface area contributed by atoms with Crippen LogP contribution in [0.1, 0.15) is 11.1 Å². The topological polar surface area (TPSA) is 126 Å². The van der Waals surface area contributed by atoms with Gasteiger partial charge in [-0.25, -0.2) is 0 Å². The number of rotatable bonds is 7. The quantitative estimate of drug-likeness (QED) is 0.234. The monoisotopic (exact) mass is 464 g/mol. The van der Waals surface area contributed by atoms with Gasteiger partial charge < -0.3 is 19.3 Å². The fourth-order valence-corrected chi connectivity index (χ4v) is 3.70. The smallest absolute Gasteiger partial charge is 0.339 e. The van der Waals surface area contributed by atoms with Crippen molar-refractivity contribution in [1.82, 2.24) is 0 Å². The van der Waals surface area contributed by atoms with Gasteiger partial charge in [-0.05, 0) is 61.5 Å². The van der Waals surface area contributed by atoms with Crippen LogP contribution in [0.5, 0.6) is 17.2 Å². The highest BCUT2D eigenvalue weighted by atomic mass is 32.2. The second kappa shape index (κ2) is 9.89. The van der Waals surface area contributed by atoms with Crippen molar-refractivity contribution in [3.63, 3.8) is 0 Å². The Morgan fingerprint density at radius 3 is 2.33 bits per heavy atom. The number of anilines is 1. The van der Waals surface area contributed by atoms with E-state index in [1.165, 1.54) is 61.7 Å². The molecule has 0 heterocycles. The molecule has 0 bridgehead atoms. The van der Waals surface area contributed by atoms with E-state index in [4.69, 9.17) is 8.92 Å². The van der Waals surface area contributed by atoms with Crippen LogP contribution in [0, 0.1) is 18.3 Å². The summed E-state index contributed by atoms with van der Waals surface area (Å²) in [6, 6.07) is 18.0. The van der Waals surface area contributed by atoms with Crippen molar-refractivity contribution in [2.75, 3.05) is 12.4 Å². The van der Waals surface area contributed by atoms with Gasteiger partial charge in [-0.3, -0.25) is 4.79 Å². The number of phenols is 1. The second-order valence-corrected chi connectivity index (χ2v) is 8.47. The maximum absolute atomic E-state index is 12.8. The molecule has 0 fully saturated rings. The van der Waals surface area contributed by atoms with E-state index in [9.17, 15) is 23.6 Å². The molecule has 0 saturated heterocycles. The van der Waals surface area contributed by atoms with E-state index in [1.807, 2.05) is 6.92 Å². The predicted octanol–water partition coefficient (Wildman–Crippen LogP) is 4.02. The van der Waals surface area contributed by atoms with Crippen molar-refractivity contribution >= 4 is 27.8 Å². The Kier molecular flexibility index (Phi) is 7.00. The summed E-state index contributed by atoms with van der Waals surface area (Å²) in [5, 5.41) is 21.4. The van der Waals surface area contributed by atoms with Crippen LogP contribution in [-0.4, -0.2) is 26.5 Å². The highest BCUT2D eigenvalue weighted by molar-refractivity contribution is 7.87. The van der Waals surface area contributed by atoms with Crippen LogP contribution in [0.25, 0.3) is 6.08 Å². The van der Waals surface area contributed by atoms with Gasteiger partial charge in [0.1, 0.15) is 28.0 Å². The molecular formula is C24H20N2O6S. The van der Waals surface area contributed by atoms with E-state index in [0.717, 1.165) is 5.56 Å². The van der Waals surface area contributed by atoms with E-state index >= 15 is 0 Å². The van der Waals surface area contributed by atoms with Gasteiger partial charge in [-0.2, -0.15) is 13.7 Å². The molecule has 8 nitrogen and oxygen atoms in total. The Morgan fingerprint density at radius 1 is 1.06 bits per heavy atom. The molecule has 0 spiro atoms. The first-order valence-electron chi connectivity index (χ1n) is 9.63. The lowest BCUT2D eigenvalue weighted by atomic mass is 10.1. The van der Waals surface area contributed by atoms with Crippen molar-refractivity contribution in [2.45, 2.75) is 11.8 Å². The number of ether oxygens (including phenoxy) is 1. The van der Waals surface area contributed by atoms with E-state index in [1.54, 1.807) is 24.3 Å². The molecule has 0 aliphatic heterocycles. The number of nitriles is 1. The van der Waals surface area contributed by atoms with Crippen molar-refractivity contribution in [3.8, 4) is 23.3 Å². The zero-order chi connectivity index (χ0) is 24.0. The number of methoxy groups -OCH3 is 1. The zero-order valence-electron chi connectivity index (χ0n) is 17.8. The van der Waals surface area contributed by atoms with E-state index < -0.39 is 16.0 Å². The van der Waals surface area contributed by atoms with Gasteiger partial charge in [-0.1, -0.05) is 17.7 Å². The second-order valence-electron chi connectivity index (χ2n) is 6.93. The third-order valence-corrected chi connectivity index (χ3v) is 5.77. The number of carbonyl (C=O) groups is 1. The molecule has 3 rings (SSSR count). The molecule has 3 aromatic rings. The molecule has 0 unspecified atom stereocenters. The molecule has 2 N–H and O–H groups in total. The van der Waals surface area contributed by atoms with Crippen molar-refractivity contribution in [1.29, 1.82) is 5.26 Å². The summed E-state index contributed by atoms with van der Waals surface area (Å²) in [6.45, 7) is 1.83. The lowest BCUT2D eigenvalue weighted by Crippen LogP contribution is -2.14. The van der Waals surface area contributed by atoms with E-state index in [2.05, 4.69) is 5.32 Å². The third-order valence-electron chi connectivity index (χ3n) is 4.52. The fourth-order valence-electron chi connectivity index (χ4n) is 2.75. The standard InChI is InChI=1S/C24H20N2O6S/c1-16-3-11-22(12-4-16)33(29,30)32-23-14-21(31-2)10-5-17(23)13-18(15-25)24(28)26-19-6-8-20(27)9-7-19/h3-14,27H,1-2H3,(H,26,28)/b18-13+. The van der Waals surface area contributed by atoms with Crippen molar-refractivity contribution in [2.24, 2.45) is 0 Å². The van der Waals surface area contributed by atoms with Gasteiger partial charge in [0.2, 0.25) is 0 Å². The number of hydrogen-bond donors (Lipinski definition) is 2. The van der Waals surface area contributed by atoms with Gasteiger partial charge in [-0.15, -0.1) is 0 Å². The molecule has 9 heteroatoms. The fraction of sp³-hybridized carbons (Fsp3) is 0.0833. The lowest BCUT2D eigenvalue weighted by Gasteiger charge is -2.12. The van der Waals surface area contributed by atoms with Crippen LogP contribution >= 0.6 is 0 Å². The normalized spacial score (nSPS) is 11.4. The molecule has 0 aromatic heterocycles. The number of amides is 1. The van der Waals surface area contributed by atoms with E-state index in [0.29, 0.717) is 11.4 Å². The minimum absolute atomic E-state index is 0.0267. The van der Waals surface area contributed by atoms with Gasteiger partial charge in [0, 0.05) is 17.3 Å². The Hall–Kier alpha value is -4.29. The number of aromatic hydroxyl groups is 1. The molecule has 0 radical (unpaired) electrons. The lowest BCUT2D eigenvalue weighted by molar-refractivity contribution is -0.112. The van der Waals surface area contributed by atoms with E-state index in [-0.39, 0.29) is 27.5 Å². The molecule has 1 amide bonds. The summed E-state index contributed by atoms with van der Waals surface area (Å²) in [4.78, 5) is 12.5. The molecule has 168 valence electrons. The van der Waals surface area contributed by atoms with Crippen molar-refractivity contribution < 1.29 is 27.2 Å². The first kappa shape index (κ1) is 23.4. The zero-order valence-corrected chi connectivity index (χ0v) is 18.6. The largest absolute Gasteiger partial charge is 0.508 e. The maximum Gasteiger partial charge on any atom is 0.339 e.